The van der Waals surface area contributed by atoms with Crippen LogP contribution in [0.4, 0.5) is 17.6 Å². The fourth-order valence-electron chi connectivity index (χ4n) is 1.70. The third kappa shape index (κ3) is 5.30. The molecule has 0 aliphatic carbocycles. The summed E-state index contributed by atoms with van der Waals surface area (Å²) in [6.07, 6.45) is -2.05. The Balaban J connectivity index is 2.17. The number of ketones is 1. The lowest BCUT2D eigenvalue weighted by atomic mass is 9.95. The number of Topliss-reactive ketones (excluding diaryl/α,β-unsaturated/α-hetero) is 1. The van der Waals surface area contributed by atoms with E-state index in [0.29, 0.717) is 13.2 Å². The number of hydrogen-bond acceptors (Lipinski definition) is 3. The minimum atomic E-state index is -4.20. The highest BCUT2D eigenvalue weighted by Crippen LogP contribution is 2.23. The molecular weight excluding hydrogens is 256 g/mol. The molecule has 0 spiro atoms. The Hall–Kier alpha value is -0.690. The van der Waals surface area contributed by atoms with Crippen LogP contribution in [0.25, 0.3) is 0 Å². The number of halogens is 4. The average Bonchev–Trinajstić information content (AvgIpc) is 2.29. The smallest absolute Gasteiger partial charge is 0.330 e. The lowest BCUT2D eigenvalue weighted by Crippen LogP contribution is -2.33. The van der Waals surface area contributed by atoms with Crippen molar-refractivity contribution < 1.29 is 31.8 Å². The van der Waals surface area contributed by atoms with Crippen LogP contribution in [-0.4, -0.2) is 44.6 Å². The summed E-state index contributed by atoms with van der Waals surface area (Å²) in [4.78, 5) is 11.4. The van der Waals surface area contributed by atoms with Crippen LogP contribution in [0.5, 0.6) is 0 Å². The molecule has 1 rings (SSSR count). The van der Waals surface area contributed by atoms with Crippen LogP contribution in [0.15, 0.2) is 0 Å². The molecule has 0 unspecified atom stereocenters. The fourth-order valence-corrected chi connectivity index (χ4v) is 1.70. The number of rotatable bonds is 7. The van der Waals surface area contributed by atoms with E-state index in [-0.39, 0.29) is 18.1 Å². The highest BCUT2D eigenvalue weighted by atomic mass is 19.3. The lowest BCUT2D eigenvalue weighted by molar-refractivity contribution is -0.168. The molecule has 0 aromatic rings. The summed E-state index contributed by atoms with van der Waals surface area (Å²) >= 11 is 0. The van der Waals surface area contributed by atoms with Crippen LogP contribution < -0.4 is 0 Å². The summed E-state index contributed by atoms with van der Waals surface area (Å²) in [5.74, 6) is -4.36. The zero-order chi connectivity index (χ0) is 13.6. The van der Waals surface area contributed by atoms with E-state index in [1.54, 1.807) is 0 Å². The lowest BCUT2D eigenvalue weighted by Gasteiger charge is -2.21. The Morgan fingerprint density at radius 2 is 1.94 bits per heavy atom. The molecule has 1 fully saturated rings. The summed E-state index contributed by atoms with van der Waals surface area (Å²) in [6, 6.07) is 0. The van der Waals surface area contributed by atoms with Crippen LogP contribution >= 0.6 is 0 Å². The zero-order valence-electron chi connectivity index (χ0n) is 9.84. The first-order valence-electron chi connectivity index (χ1n) is 5.75. The van der Waals surface area contributed by atoms with Gasteiger partial charge in [-0.25, -0.2) is 8.78 Å². The van der Waals surface area contributed by atoms with Crippen LogP contribution in [0.3, 0.4) is 0 Å². The van der Waals surface area contributed by atoms with E-state index in [4.69, 9.17) is 4.74 Å². The minimum Gasteiger partial charge on any atom is -0.381 e. The van der Waals surface area contributed by atoms with Crippen molar-refractivity contribution in [1.82, 2.24) is 0 Å². The SMILES string of the molecule is O=C(COCC(F)(F)C(F)F)CC1CCOCC1. The van der Waals surface area contributed by atoms with Gasteiger partial charge in [-0.2, -0.15) is 8.78 Å². The van der Waals surface area contributed by atoms with Gasteiger partial charge in [-0.15, -0.1) is 0 Å². The molecule has 7 heteroatoms. The maximum atomic E-state index is 12.5. The van der Waals surface area contributed by atoms with Crippen LogP contribution in [0, 0.1) is 5.92 Å². The van der Waals surface area contributed by atoms with Crippen molar-refractivity contribution in [3.8, 4) is 0 Å². The number of carbonyl (C=O) groups is 1. The Kier molecular flexibility index (Phi) is 6.01. The van der Waals surface area contributed by atoms with E-state index in [0.717, 1.165) is 12.8 Å². The van der Waals surface area contributed by atoms with Gasteiger partial charge < -0.3 is 9.47 Å². The molecule has 0 radical (unpaired) electrons. The molecule has 0 atom stereocenters. The van der Waals surface area contributed by atoms with Crippen molar-refractivity contribution >= 4 is 5.78 Å². The molecule has 106 valence electrons. The minimum absolute atomic E-state index is 0.172. The molecule has 18 heavy (non-hydrogen) atoms. The molecule has 1 heterocycles. The van der Waals surface area contributed by atoms with E-state index >= 15 is 0 Å². The van der Waals surface area contributed by atoms with E-state index in [9.17, 15) is 22.4 Å². The van der Waals surface area contributed by atoms with Gasteiger partial charge in [0.05, 0.1) is 0 Å². The predicted molar refractivity (Wildman–Crippen MR) is 54.9 cm³/mol. The highest BCUT2D eigenvalue weighted by molar-refractivity contribution is 5.79. The Bertz CT molecular complexity index is 265. The summed E-state index contributed by atoms with van der Waals surface area (Å²) in [5.41, 5.74) is 0. The zero-order valence-corrected chi connectivity index (χ0v) is 9.84. The van der Waals surface area contributed by atoms with E-state index in [2.05, 4.69) is 4.74 Å². The first kappa shape index (κ1) is 15.4. The second-order valence-corrected chi connectivity index (χ2v) is 4.35. The van der Waals surface area contributed by atoms with Crippen molar-refractivity contribution in [2.45, 2.75) is 31.6 Å². The normalized spacial score (nSPS) is 18.3. The Labute approximate surface area is 102 Å². The van der Waals surface area contributed by atoms with Gasteiger partial charge in [-0.1, -0.05) is 0 Å². The summed E-state index contributed by atoms with van der Waals surface area (Å²) in [5, 5.41) is 0. The van der Waals surface area contributed by atoms with Crippen LogP contribution in [0.1, 0.15) is 19.3 Å². The van der Waals surface area contributed by atoms with Crippen molar-refractivity contribution in [3.63, 3.8) is 0 Å². The molecule has 0 aromatic carbocycles. The predicted octanol–water partition coefficient (Wildman–Crippen LogP) is 2.29. The van der Waals surface area contributed by atoms with Crippen LogP contribution in [0.2, 0.25) is 0 Å². The van der Waals surface area contributed by atoms with Gasteiger partial charge in [0.2, 0.25) is 0 Å². The summed E-state index contributed by atoms with van der Waals surface area (Å²) in [6.45, 7) is -0.797. The second-order valence-electron chi connectivity index (χ2n) is 4.35. The van der Waals surface area contributed by atoms with Gasteiger partial charge in [-0.3, -0.25) is 4.79 Å². The van der Waals surface area contributed by atoms with E-state index < -0.39 is 25.6 Å². The molecule has 0 bridgehead atoms. The molecule has 1 aliphatic rings. The highest BCUT2D eigenvalue weighted by Gasteiger charge is 2.41. The average molecular weight is 272 g/mol. The van der Waals surface area contributed by atoms with Gasteiger partial charge in [0.1, 0.15) is 13.2 Å². The fraction of sp³-hybridized carbons (Fsp3) is 0.909. The number of alkyl halides is 4. The molecule has 3 nitrogen and oxygen atoms in total. The molecule has 1 saturated heterocycles. The molecule has 0 saturated carbocycles. The Morgan fingerprint density at radius 1 is 1.33 bits per heavy atom. The van der Waals surface area contributed by atoms with Gasteiger partial charge in [-0.05, 0) is 18.8 Å². The van der Waals surface area contributed by atoms with Gasteiger partial charge >= 0.3 is 12.3 Å². The summed E-state index contributed by atoms with van der Waals surface area (Å²) in [7, 11) is 0. The first-order chi connectivity index (χ1) is 8.42. The largest absolute Gasteiger partial charge is 0.381 e. The molecule has 0 aromatic heterocycles. The number of carbonyl (C=O) groups excluding carboxylic acids is 1. The van der Waals surface area contributed by atoms with Crippen molar-refractivity contribution in [2.24, 2.45) is 5.92 Å². The molecular formula is C11H16F4O3. The maximum Gasteiger partial charge on any atom is 0.330 e. The number of hydrogen-bond donors (Lipinski definition) is 0. The number of ether oxygens (including phenoxy) is 2. The van der Waals surface area contributed by atoms with Gasteiger partial charge in [0.25, 0.3) is 0 Å². The van der Waals surface area contributed by atoms with E-state index in [1.165, 1.54) is 0 Å². The first-order valence-corrected chi connectivity index (χ1v) is 5.75. The second kappa shape index (κ2) is 7.04. The quantitative estimate of drug-likeness (QED) is 0.667. The van der Waals surface area contributed by atoms with Crippen molar-refractivity contribution in [3.05, 3.63) is 0 Å². The topological polar surface area (TPSA) is 35.5 Å². The molecule has 0 N–H and O–H groups in total. The Morgan fingerprint density at radius 3 is 2.50 bits per heavy atom. The third-order valence-electron chi connectivity index (χ3n) is 2.73. The van der Waals surface area contributed by atoms with Gasteiger partial charge in [0, 0.05) is 19.6 Å². The summed E-state index contributed by atoms with van der Waals surface area (Å²) < 4.78 is 57.9. The van der Waals surface area contributed by atoms with Crippen LogP contribution in [-0.2, 0) is 14.3 Å². The third-order valence-corrected chi connectivity index (χ3v) is 2.73. The monoisotopic (exact) mass is 272 g/mol. The van der Waals surface area contributed by atoms with Gasteiger partial charge in [0.15, 0.2) is 5.78 Å². The standard InChI is InChI=1S/C11H16F4O3/c12-10(13)11(14,15)7-18-6-9(16)5-8-1-3-17-4-2-8/h8,10H,1-7H2. The maximum absolute atomic E-state index is 12.5. The molecule has 0 amide bonds. The van der Waals surface area contributed by atoms with E-state index in [1.807, 2.05) is 0 Å². The van der Waals surface area contributed by atoms with Crippen molar-refractivity contribution in [2.75, 3.05) is 26.4 Å². The van der Waals surface area contributed by atoms with Crippen molar-refractivity contribution in [1.29, 1.82) is 0 Å². The molecule has 1 aliphatic heterocycles.